The molecule has 1 aliphatic rings. The maximum absolute atomic E-state index is 12.7. The molecule has 1 atom stereocenters. The van der Waals surface area contributed by atoms with E-state index >= 15 is 0 Å². The second kappa shape index (κ2) is 9.41. The van der Waals surface area contributed by atoms with Crippen molar-refractivity contribution in [2.24, 2.45) is 0 Å². The van der Waals surface area contributed by atoms with Crippen LogP contribution in [0.2, 0.25) is 0 Å². The van der Waals surface area contributed by atoms with Crippen molar-refractivity contribution in [2.45, 2.75) is 52.1 Å². The highest BCUT2D eigenvalue weighted by molar-refractivity contribution is 7.16. The molecule has 0 bridgehead atoms. The van der Waals surface area contributed by atoms with Crippen molar-refractivity contribution in [3.63, 3.8) is 0 Å². The summed E-state index contributed by atoms with van der Waals surface area (Å²) in [7, 11) is 0. The molecule has 1 aliphatic carbocycles. The van der Waals surface area contributed by atoms with Crippen LogP contribution in [0.4, 0.5) is 5.00 Å². The number of rotatable bonds is 6. The third-order valence-electron chi connectivity index (χ3n) is 4.98. The Hall–Kier alpha value is -3.09. The van der Waals surface area contributed by atoms with E-state index in [2.05, 4.69) is 18.3 Å². The van der Waals surface area contributed by atoms with Gasteiger partial charge in [0.1, 0.15) is 28.5 Å². The average Bonchev–Trinajstić information content (AvgIpc) is 3.09. The van der Waals surface area contributed by atoms with E-state index in [-0.39, 0.29) is 11.7 Å². The molecule has 1 aromatic carbocycles. The summed E-state index contributed by atoms with van der Waals surface area (Å²) in [4.78, 5) is 13.8. The summed E-state index contributed by atoms with van der Waals surface area (Å²) in [6, 6.07) is 11.5. The molecular formula is C23H23N3O2S. The largest absolute Gasteiger partial charge is 0.491 e. The molecule has 1 N–H and O–H groups in total. The number of ether oxygens (including phenoxy) is 1. The number of thiophene rings is 1. The lowest BCUT2D eigenvalue weighted by atomic mass is 9.96. The Morgan fingerprint density at radius 2 is 2.00 bits per heavy atom. The molecular weight excluding hydrogens is 382 g/mol. The van der Waals surface area contributed by atoms with Gasteiger partial charge in [0, 0.05) is 4.88 Å². The number of anilines is 1. The highest BCUT2D eigenvalue weighted by Gasteiger charge is 2.22. The molecule has 0 saturated carbocycles. The molecule has 1 unspecified atom stereocenters. The first-order chi connectivity index (χ1) is 14.0. The average molecular weight is 406 g/mol. The highest BCUT2D eigenvalue weighted by atomic mass is 32.1. The molecule has 3 rings (SSSR count). The third kappa shape index (κ3) is 4.85. The van der Waals surface area contributed by atoms with E-state index in [1.807, 2.05) is 37.3 Å². The predicted molar refractivity (Wildman–Crippen MR) is 115 cm³/mol. The van der Waals surface area contributed by atoms with Gasteiger partial charge >= 0.3 is 0 Å². The topological polar surface area (TPSA) is 85.9 Å². The molecule has 0 radical (unpaired) electrons. The summed E-state index contributed by atoms with van der Waals surface area (Å²) >= 11 is 1.45. The van der Waals surface area contributed by atoms with Crippen LogP contribution < -0.4 is 10.1 Å². The highest BCUT2D eigenvalue weighted by Crippen LogP contribution is 2.37. The first kappa shape index (κ1) is 20.6. The van der Waals surface area contributed by atoms with Gasteiger partial charge in [-0.2, -0.15) is 10.5 Å². The molecule has 1 aromatic heterocycles. The zero-order valence-corrected chi connectivity index (χ0v) is 17.4. The number of fused-ring (bicyclic) bond motifs is 1. The van der Waals surface area contributed by atoms with Gasteiger partial charge in [0.2, 0.25) is 0 Å². The minimum atomic E-state index is -0.498. The monoisotopic (exact) mass is 405 g/mol. The number of nitrogens with zero attached hydrogens (tertiary/aromatic N) is 2. The summed E-state index contributed by atoms with van der Waals surface area (Å²) in [5.74, 6) is 0.254. The van der Waals surface area contributed by atoms with Crippen molar-refractivity contribution < 1.29 is 9.53 Å². The van der Waals surface area contributed by atoms with Crippen LogP contribution in [-0.4, -0.2) is 12.0 Å². The number of nitriles is 2. The molecule has 0 aliphatic heterocycles. The molecule has 0 saturated heterocycles. The second-order valence-corrected chi connectivity index (χ2v) is 8.16. The van der Waals surface area contributed by atoms with E-state index in [1.165, 1.54) is 16.2 Å². The van der Waals surface area contributed by atoms with E-state index in [0.717, 1.165) is 49.0 Å². The Morgan fingerprint density at radius 1 is 1.28 bits per heavy atom. The van der Waals surface area contributed by atoms with Gasteiger partial charge in [-0.25, -0.2) is 0 Å². The van der Waals surface area contributed by atoms with E-state index in [0.29, 0.717) is 10.6 Å². The summed E-state index contributed by atoms with van der Waals surface area (Å²) in [6.45, 7) is 4.06. The molecule has 29 heavy (non-hydrogen) atoms. The predicted octanol–water partition coefficient (Wildman–Crippen LogP) is 5.22. The van der Waals surface area contributed by atoms with Crippen molar-refractivity contribution in [2.75, 3.05) is 5.32 Å². The Labute approximate surface area is 175 Å². The lowest BCUT2D eigenvalue weighted by molar-refractivity contribution is -0.112. The van der Waals surface area contributed by atoms with Crippen molar-refractivity contribution >= 4 is 28.3 Å². The number of amides is 1. The van der Waals surface area contributed by atoms with E-state index < -0.39 is 5.91 Å². The Balaban J connectivity index is 1.77. The molecule has 1 heterocycles. The number of benzene rings is 1. The van der Waals surface area contributed by atoms with E-state index in [1.54, 1.807) is 6.08 Å². The summed E-state index contributed by atoms with van der Waals surface area (Å²) < 4.78 is 5.75. The minimum absolute atomic E-state index is 0.00384. The Kier molecular flexibility index (Phi) is 6.69. The van der Waals surface area contributed by atoms with Crippen molar-refractivity contribution in [1.82, 2.24) is 0 Å². The van der Waals surface area contributed by atoms with Crippen LogP contribution in [0.1, 0.15) is 54.7 Å². The third-order valence-corrected chi connectivity index (χ3v) is 6.19. The number of nitrogens with one attached hydrogen (secondary N) is 1. The van der Waals surface area contributed by atoms with E-state index in [9.17, 15) is 15.3 Å². The quantitative estimate of drug-likeness (QED) is 0.527. The molecule has 148 valence electrons. The van der Waals surface area contributed by atoms with Crippen LogP contribution in [-0.2, 0) is 17.6 Å². The fourth-order valence-electron chi connectivity index (χ4n) is 3.22. The fraction of sp³-hybridized carbons (Fsp3) is 0.348. The maximum Gasteiger partial charge on any atom is 0.266 e. The lowest BCUT2D eigenvalue weighted by Gasteiger charge is -2.12. The minimum Gasteiger partial charge on any atom is -0.491 e. The van der Waals surface area contributed by atoms with Crippen molar-refractivity contribution in [1.29, 1.82) is 10.5 Å². The molecule has 5 nitrogen and oxygen atoms in total. The first-order valence-corrected chi connectivity index (χ1v) is 10.6. The van der Waals surface area contributed by atoms with Gasteiger partial charge in [-0.1, -0.05) is 19.1 Å². The van der Waals surface area contributed by atoms with Crippen LogP contribution in [0.5, 0.6) is 5.75 Å². The SMILES string of the molecule is CCC(C)Oc1ccc(C=C(C#N)C(=O)Nc2sc3c(c2C#N)CCCC3)cc1. The summed E-state index contributed by atoms with van der Waals surface area (Å²) in [6.07, 6.45) is 6.56. The number of aryl methyl sites for hydroxylation is 1. The van der Waals surface area contributed by atoms with Gasteiger partial charge in [0.05, 0.1) is 11.7 Å². The second-order valence-electron chi connectivity index (χ2n) is 7.06. The van der Waals surface area contributed by atoms with Gasteiger partial charge in [0.25, 0.3) is 5.91 Å². The lowest BCUT2D eigenvalue weighted by Crippen LogP contribution is -2.13. The number of carbonyl (C=O) groups is 1. The number of carbonyl (C=O) groups excluding carboxylic acids is 1. The van der Waals surface area contributed by atoms with Crippen molar-refractivity contribution in [3.8, 4) is 17.9 Å². The van der Waals surface area contributed by atoms with Gasteiger partial charge in [0.15, 0.2) is 0 Å². The smallest absolute Gasteiger partial charge is 0.266 e. The zero-order chi connectivity index (χ0) is 20.8. The van der Waals surface area contributed by atoms with E-state index in [4.69, 9.17) is 4.74 Å². The Bertz CT molecular complexity index is 1010. The standard InChI is InChI=1S/C23H23N3O2S/c1-3-15(2)28-18-10-8-16(9-11-18)12-17(13-24)22(27)26-23-20(14-25)19-6-4-5-7-21(19)29-23/h8-12,15H,3-7H2,1-2H3,(H,26,27). The summed E-state index contributed by atoms with van der Waals surface area (Å²) in [5.41, 5.74) is 2.33. The van der Waals surface area contributed by atoms with Gasteiger partial charge < -0.3 is 10.1 Å². The Morgan fingerprint density at radius 3 is 2.66 bits per heavy atom. The van der Waals surface area contributed by atoms with Gasteiger partial charge in [-0.3, -0.25) is 4.79 Å². The van der Waals surface area contributed by atoms with Gasteiger partial charge in [-0.05, 0) is 68.4 Å². The fourth-order valence-corrected chi connectivity index (χ4v) is 4.45. The molecule has 6 heteroatoms. The van der Waals surface area contributed by atoms with Crippen LogP contribution in [0.15, 0.2) is 29.8 Å². The summed E-state index contributed by atoms with van der Waals surface area (Å²) in [5, 5.41) is 22.3. The number of hydrogen-bond donors (Lipinski definition) is 1. The zero-order valence-electron chi connectivity index (χ0n) is 16.6. The number of hydrogen-bond acceptors (Lipinski definition) is 5. The van der Waals surface area contributed by atoms with Crippen LogP contribution in [0, 0.1) is 22.7 Å². The molecule has 0 fully saturated rings. The van der Waals surface area contributed by atoms with Gasteiger partial charge in [-0.15, -0.1) is 11.3 Å². The van der Waals surface area contributed by atoms with Crippen LogP contribution >= 0.6 is 11.3 Å². The molecule has 0 spiro atoms. The maximum atomic E-state index is 12.7. The van der Waals surface area contributed by atoms with Crippen LogP contribution in [0.25, 0.3) is 6.08 Å². The normalized spacial score (nSPS) is 14.3. The first-order valence-electron chi connectivity index (χ1n) is 9.80. The van der Waals surface area contributed by atoms with Crippen LogP contribution in [0.3, 0.4) is 0 Å². The van der Waals surface area contributed by atoms with Crippen molar-refractivity contribution in [3.05, 3.63) is 51.4 Å². The molecule has 2 aromatic rings. The molecule has 1 amide bonds.